The number of unbranched alkanes of at least 4 members (excludes halogenated alkanes) is 1. The Hall–Kier alpha value is -1.95. The molecule has 1 aliphatic heterocycles. The van der Waals surface area contributed by atoms with Gasteiger partial charge in [-0.3, -0.25) is 4.79 Å². The lowest BCUT2D eigenvalue weighted by Crippen LogP contribution is -2.24. The van der Waals surface area contributed by atoms with Gasteiger partial charge in [-0.05, 0) is 18.4 Å². The molecule has 6 nitrogen and oxygen atoms in total. The first-order chi connectivity index (χ1) is 10.2. The summed E-state index contributed by atoms with van der Waals surface area (Å²) in [4.78, 5) is 27.2. The highest BCUT2D eigenvalue weighted by Crippen LogP contribution is 2.21. The molecule has 0 N–H and O–H groups in total. The predicted molar refractivity (Wildman–Crippen MR) is 76.7 cm³/mol. The van der Waals surface area contributed by atoms with Crippen molar-refractivity contribution in [2.24, 2.45) is 4.99 Å². The molecule has 0 radical (unpaired) electrons. The number of aryl methyl sites for hydroxylation is 1. The molecule has 0 unspecified atom stereocenters. The summed E-state index contributed by atoms with van der Waals surface area (Å²) >= 11 is 0. The molecule has 21 heavy (non-hydrogen) atoms. The van der Waals surface area contributed by atoms with Gasteiger partial charge in [0.2, 0.25) is 5.90 Å². The molecule has 0 atom stereocenters. The molecule has 0 aromatic carbocycles. The fraction of sp³-hybridized carbons (Fsp3) is 0.533. The van der Waals surface area contributed by atoms with Crippen molar-refractivity contribution in [2.45, 2.75) is 32.6 Å². The maximum absolute atomic E-state index is 11.6. The zero-order valence-electron chi connectivity index (χ0n) is 12.3. The molecule has 1 aliphatic rings. The van der Waals surface area contributed by atoms with Gasteiger partial charge in [0.05, 0.1) is 18.6 Å². The fourth-order valence-electron chi connectivity index (χ4n) is 2.21. The van der Waals surface area contributed by atoms with Gasteiger partial charge in [-0.1, -0.05) is 13.3 Å². The number of ether oxygens (including phenoxy) is 2. The van der Waals surface area contributed by atoms with Crippen molar-refractivity contribution < 1.29 is 18.7 Å². The average molecular weight is 293 g/mol. The third-order valence-corrected chi connectivity index (χ3v) is 3.19. The topological polar surface area (TPSA) is 78.1 Å². The van der Waals surface area contributed by atoms with Crippen molar-refractivity contribution in [1.82, 2.24) is 0 Å². The van der Waals surface area contributed by atoms with Gasteiger partial charge in [-0.15, -0.1) is 0 Å². The van der Waals surface area contributed by atoms with E-state index in [1.807, 2.05) is 0 Å². The Bertz CT molecular complexity index is 603. The first-order valence-corrected chi connectivity index (χ1v) is 7.05. The molecule has 0 fully saturated rings. The van der Waals surface area contributed by atoms with Gasteiger partial charge >= 0.3 is 5.63 Å². The van der Waals surface area contributed by atoms with E-state index in [0.29, 0.717) is 17.9 Å². The molecule has 1 aromatic heterocycles. The van der Waals surface area contributed by atoms with Gasteiger partial charge in [0.25, 0.3) is 5.91 Å². The second-order valence-electron chi connectivity index (χ2n) is 4.82. The maximum atomic E-state index is 11.6. The van der Waals surface area contributed by atoms with E-state index in [-0.39, 0.29) is 24.8 Å². The standard InChI is InChI=1S/C15H19NO5/c1-3-4-5-10-8-13(18)21-11-9-12(17)16-15(14(10)11)20-7-6-19-2/h8H,3-7,9H2,1-2H3. The summed E-state index contributed by atoms with van der Waals surface area (Å²) in [5.41, 5.74) is 1.04. The van der Waals surface area contributed by atoms with Crippen LogP contribution >= 0.6 is 0 Å². The normalized spacial score (nSPS) is 13.8. The van der Waals surface area contributed by atoms with Gasteiger partial charge in [0.15, 0.2) is 0 Å². The number of amides is 1. The first kappa shape index (κ1) is 15.4. The van der Waals surface area contributed by atoms with Gasteiger partial charge in [0, 0.05) is 13.2 Å². The van der Waals surface area contributed by atoms with Crippen LogP contribution in [0.5, 0.6) is 0 Å². The van der Waals surface area contributed by atoms with Crippen LogP contribution in [0.1, 0.15) is 36.7 Å². The fourth-order valence-corrected chi connectivity index (χ4v) is 2.21. The summed E-state index contributed by atoms with van der Waals surface area (Å²) in [5, 5.41) is 0. The van der Waals surface area contributed by atoms with Crippen molar-refractivity contribution in [3.05, 3.63) is 33.4 Å². The van der Waals surface area contributed by atoms with E-state index in [4.69, 9.17) is 13.9 Å². The molecule has 1 amide bonds. The van der Waals surface area contributed by atoms with Gasteiger partial charge < -0.3 is 13.9 Å². The SMILES string of the molecule is CCCCc1cc(=O)oc2c1C(OCCOC)=NC(=O)C2. The zero-order chi connectivity index (χ0) is 15.2. The predicted octanol–water partition coefficient (Wildman–Crippen LogP) is 1.47. The van der Waals surface area contributed by atoms with E-state index in [1.54, 1.807) is 7.11 Å². The van der Waals surface area contributed by atoms with Crippen LogP contribution in [0.25, 0.3) is 0 Å². The number of rotatable bonds is 6. The lowest BCUT2D eigenvalue weighted by atomic mass is 9.99. The van der Waals surface area contributed by atoms with Crippen LogP contribution in [-0.4, -0.2) is 32.1 Å². The Morgan fingerprint density at radius 3 is 2.86 bits per heavy atom. The Balaban J connectivity index is 2.37. The second kappa shape index (κ2) is 7.17. The molecule has 0 aliphatic carbocycles. The minimum absolute atomic E-state index is 0.00166. The number of nitrogens with zero attached hydrogens (tertiary/aromatic N) is 1. The van der Waals surface area contributed by atoms with E-state index in [2.05, 4.69) is 11.9 Å². The highest BCUT2D eigenvalue weighted by atomic mass is 16.5. The molecule has 2 heterocycles. The molecule has 114 valence electrons. The summed E-state index contributed by atoms with van der Waals surface area (Å²) in [5.74, 6) is 0.208. The van der Waals surface area contributed by atoms with Crippen LogP contribution < -0.4 is 5.63 Å². The van der Waals surface area contributed by atoms with Crippen LogP contribution in [0.15, 0.2) is 20.3 Å². The molecule has 6 heteroatoms. The highest BCUT2D eigenvalue weighted by molar-refractivity contribution is 6.06. The lowest BCUT2D eigenvalue weighted by Gasteiger charge is -2.18. The maximum Gasteiger partial charge on any atom is 0.336 e. The van der Waals surface area contributed by atoms with E-state index in [1.165, 1.54) is 6.07 Å². The highest BCUT2D eigenvalue weighted by Gasteiger charge is 2.26. The van der Waals surface area contributed by atoms with Crippen molar-refractivity contribution in [1.29, 1.82) is 0 Å². The largest absolute Gasteiger partial charge is 0.475 e. The summed E-state index contributed by atoms with van der Waals surface area (Å²) in [6.45, 7) is 2.75. The minimum Gasteiger partial charge on any atom is -0.475 e. The van der Waals surface area contributed by atoms with Crippen molar-refractivity contribution in [3.63, 3.8) is 0 Å². The lowest BCUT2D eigenvalue weighted by molar-refractivity contribution is -0.117. The third kappa shape index (κ3) is 3.78. The quantitative estimate of drug-likeness (QED) is 0.742. The van der Waals surface area contributed by atoms with Crippen LogP contribution in [0, 0.1) is 0 Å². The molecule has 2 rings (SSSR count). The van der Waals surface area contributed by atoms with Crippen molar-refractivity contribution in [3.8, 4) is 0 Å². The van der Waals surface area contributed by atoms with Gasteiger partial charge in [0.1, 0.15) is 12.4 Å². The van der Waals surface area contributed by atoms with Gasteiger partial charge in [-0.25, -0.2) is 4.79 Å². The summed E-state index contributed by atoms with van der Waals surface area (Å²) in [7, 11) is 1.57. The van der Waals surface area contributed by atoms with Crippen molar-refractivity contribution in [2.75, 3.05) is 20.3 Å². The number of fused-ring (bicyclic) bond motifs is 1. The molecule has 0 bridgehead atoms. The minimum atomic E-state index is -0.439. The number of carbonyl (C=O) groups excluding carboxylic acids is 1. The van der Waals surface area contributed by atoms with Crippen LogP contribution in [-0.2, 0) is 27.1 Å². The molecule has 0 saturated heterocycles. The summed E-state index contributed by atoms with van der Waals surface area (Å²) in [6.07, 6.45) is 2.67. The molecule has 0 spiro atoms. The Morgan fingerprint density at radius 1 is 1.33 bits per heavy atom. The van der Waals surface area contributed by atoms with Crippen LogP contribution in [0.2, 0.25) is 0 Å². The zero-order valence-corrected chi connectivity index (χ0v) is 12.3. The second-order valence-corrected chi connectivity index (χ2v) is 4.82. The Labute approximate surface area is 122 Å². The average Bonchev–Trinajstić information content (AvgIpc) is 2.44. The number of carbonyl (C=O) groups is 1. The number of aliphatic imine (C=N–C) groups is 1. The van der Waals surface area contributed by atoms with Crippen LogP contribution in [0.3, 0.4) is 0 Å². The summed E-state index contributed by atoms with van der Waals surface area (Å²) < 4.78 is 15.6. The van der Waals surface area contributed by atoms with Crippen LogP contribution in [0.4, 0.5) is 0 Å². The first-order valence-electron chi connectivity index (χ1n) is 7.05. The number of hydrogen-bond acceptors (Lipinski definition) is 5. The Morgan fingerprint density at radius 2 is 2.14 bits per heavy atom. The van der Waals surface area contributed by atoms with E-state index in [0.717, 1.165) is 24.8 Å². The van der Waals surface area contributed by atoms with E-state index in [9.17, 15) is 9.59 Å². The summed E-state index contributed by atoms with van der Waals surface area (Å²) in [6, 6.07) is 1.46. The van der Waals surface area contributed by atoms with Crippen molar-refractivity contribution >= 4 is 11.8 Å². The third-order valence-electron chi connectivity index (χ3n) is 3.19. The monoisotopic (exact) mass is 293 g/mol. The molecule has 0 saturated carbocycles. The number of hydrogen-bond donors (Lipinski definition) is 0. The Kier molecular flexibility index (Phi) is 5.27. The molecule has 1 aromatic rings. The van der Waals surface area contributed by atoms with E-state index >= 15 is 0 Å². The van der Waals surface area contributed by atoms with E-state index < -0.39 is 5.63 Å². The molecular formula is C15H19NO5. The molecular weight excluding hydrogens is 274 g/mol. The smallest absolute Gasteiger partial charge is 0.336 e. The van der Waals surface area contributed by atoms with Gasteiger partial charge in [-0.2, -0.15) is 4.99 Å². The number of methoxy groups -OCH3 is 1.